The number of fused-ring (bicyclic) bond motifs is 5. The maximum absolute atomic E-state index is 9.67. The molecule has 1 unspecified atom stereocenters. The second kappa shape index (κ2) is 2.01. The molecule has 1 heteroatoms. The Hall–Kier alpha value is -0.0400. The van der Waals surface area contributed by atoms with E-state index < -0.39 is 0 Å². The van der Waals surface area contributed by atoms with Gasteiger partial charge in [0.05, 0.1) is 6.10 Å². The smallest absolute Gasteiger partial charge is 0.0574 e. The van der Waals surface area contributed by atoms with Gasteiger partial charge in [-0.05, 0) is 49.4 Å². The molecule has 0 aromatic carbocycles. The van der Waals surface area contributed by atoms with Crippen molar-refractivity contribution in [3.05, 3.63) is 0 Å². The van der Waals surface area contributed by atoms with E-state index in [1.807, 2.05) is 0 Å². The standard InChI is InChI=1S/C10H16O/c11-10-5-6-4-9(10)8-3-1-2-7(6)8/h6-11H,1-5H2/t6-,7-,8-,9-,10?/m1/s1. The topological polar surface area (TPSA) is 20.2 Å². The van der Waals surface area contributed by atoms with Crippen LogP contribution in [-0.2, 0) is 0 Å². The third-order valence-corrected chi connectivity index (χ3v) is 4.39. The summed E-state index contributed by atoms with van der Waals surface area (Å²) in [4.78, 5) is 0. The van der Waals surface area contributed by atoms with Crippen LogP contribution in [0.5, 0.6) is 0 Å². The summed E-state index contributed by atoms with van der Waals surface area (Å²) in [7, 11) is 0. The van der Waals surface area contributed by atoms with E-state index in [0.717, 1.165) is 24.2 Å². The largest absolute Gasteiger partial charge is 0.393 e. The maximum Gasteiger partial charge on any atom is 0.0574 e. The molecule has 0 radical (unpaired) electrons. The van der Waals surface area contributed by atoms with Crippen LogP contribution in [-0.4, -0.2) is 11.2 Å². The van der Waals surface area contributed by atoms with Gasteiger partial charge in [-0.2, -0.15) is 0 Å². The van der Waals surface area contributed by atoms with Crippen molar-refractivity contribution in [2.45, 2.75) is 38.2 Å². The van der Waals surface area contributed by atoms with Crippen molar-refractivity contribution in [2.24, 2.45) is 23.7 Å². The highest BCUT2D eigenvalue weighted by molar-refractivity contribution is 5.02. The molecule has 1 nitrogen and oxygen atoms in total. The van der Waals surface area contributed by atoms with Gasteiger partial charge in [-0.25, -0.2) is 0 Å². The third-order valence-electron chi connectivity index (χ3n) is 4.39. The van der Waals surface area contributed by atoms with Gasteiger partial charge in [-0.15, -0.1) is 0 Å². The number of aliphatic hydroxyl groups is 1. The van der Waals surface area contributed by atoms with Gasteiger partial charge in [0, 0.05) is 0 Å². The molecule has 0 spiro atoms. The molecule has 0 aromatic rings. The predicted octanol–water partition coefficient (Wildman–Crippen LogP) is 1.80. The minimum Gasteiger partial charge on any atom is -0.393 e. The summed E-state index contributed by atoms with van der Waals surface area (Å²) >= 11 is 0. The molecule has 0 heterocycles. The molecule has 2 bridgehead atoms. The number of hydrogen-bond acceptors (Lipinski definition) is 1. The zero-order valence-electron chi connectivity index (χ0n) is 6.87. The van der Waals surface area contributed by atoms with Gasteiger partial charge in [0.2, 0.25) is 0 Å². The zero-order chi connectivity index (χ0) is 7.42. The van der Waals surface area contributed by atoms with Crippen molar-refractivity contribution in [3.8, 4) is 0 Å². The molecule has 3 aliphatic carbocycles. The molecule has 1 N–H and O–H groups in total. The highest BCUT2D eigenvalue weighted by Gasteiger charge is 2.53. The van der Waals surface area contributed by atoms with Crippen molar-refractivity contribution in [1.82, 2.24) is 0 Å². The normalized spacial score (nSPS) is 60.3. The van der Waals surface area contributed by atoms with Gasteiger partial charge in [0.15, 0.2) is 0 Å². The monoisotopic (exact) mass is 152 g/mol. The zero-order valence-corrected chi connectivity index (χ0v) is 6.87. The molecule has 0 aliphatic heterocycles. The van der Waals surface area contributed by atoms with E-state index in [-0.39, 0.29) is 6.10 Å². The summed E-state index contributed by atoms with van der Waals surface area (Å²) in [5.41, 5.74) is 0. The molecule has 3 fully saturated rings. The molecule has 11 heavy (non-hydrogen) atoms. The van der Waals surface area contributed by atoms with Crippen molar-refractivity contribution < 1.29 is 5.11 Å². The van der Waals surface area contributed by atoms with Crippen LogP contribution in [0.3, 0.4) is 0 Å². The van der Waals surface area contributed by atoms with Gasteiger partial charge in [0.25, 0.3) is 0 Å². The lowest BCUT2D eigenvalue weighted by molar-refractivity contribution is 0.0642. The molecule has 3 aliphatic rings. The van der Waals surface area contributed by atoms with Gasteiger partial charge in [-0.3, -0.25) is 0 Å². The Morgan fingerprint density at radius 2 is 1.73 bits per heavy atom. The van der Waals surface area contributed by atoms with Crippen LogP contribution in [0, 0.1) is 23.7 Å². The lowest BCUT2D eigenvalue weighted by Crippen LogP contribution is -2.27. The van der Waals surface area contributed by atoms with Crippen molar-refractivity contribution in [3.63, 3.8) is 0 Å². The Labute approximate surface area is 67.8 Å². The number of rotatable bonds is 0. The van der Waals surface area contributed by atoms with Gasteiger partial charge < -0.3 is 5.11 Å². The quantitative estimate of drug-likeness (QED) is 0.561. The van der Waals surface area contributed by atoms with Crippen LogP contribution < -0.4 is 0 Å². The molecule has 0 saturated heterocycles. The summed E-state index contributed by atoms with van der Waals surface area (Å²) < 4.78 is 0. The van der Waals surface area contributed by atoms with Crippen LogP contribution in [0.25, 0.3) is 0 Å². The van der Waals surface area contributed by atoms with Crippen LogP contribution in [0.1, 0.15) is 32.1 Å². The van der Waals surface area contributed by atoms with Crippen LogP contribution in [0.4, 0.5) is 0 Å². The van der Waals surface area contributed by atoms with Crippen LogP contribution >= 0.6 is 0 Å². The van der Waals surface area contributed by atoms with Gasteiger partial charge in [-0.1, -0.05) is 6.42 Å². The fraction of sp³-hybridized carbons (Fsp3) is 1.00. The maximum atomic E-state index is 9.67. The minimum atomic E-state index is 0.0827. The molecule has 3 saturated carbocycles. The summed E-state index contributed by atoms with van der Waals surface area (Å²) in [5.74, 6) is 3.60. The first-order valence-corrected chi connectivity index (χ1v) is 5.04. The minimum absolute atomic E-state index is 0.0827. The molecular formula is C10H16O. The molecule has 3 rings (SSSR count). The lowest BCUT2D eigenvalue weighted by atomic mass is 9.80. The van der Waals surface area contributed by atoms with Crippen LogP contribution in [0.2, 0.25) is 0 Å². The number of aliphatic hydroxyl groups excluding tert-OH is 1. The predicted molar refractivity (Wildman–Crippen MR) is 43.1 cm³/mol. The van der Waals surface area contributed by atoms with E-state index in [0.29, 0.717) is 5.92 Å². The van der Waals surface area contributed by atoms with Crippen molar-refractivity contribution in [2.75, 3.05) is 0 Å². The van der Waals surface area contributed by atoms with Crippen molar-refractivity contribution >= 4 is 0 Å². The summed E-state index contributed by atoms with van der Waals surface area (Å²) in [6, 6.07) is 0. The van der Waals surface area contributed by atoms with Crippen molar-refractivity contribution in [1.29, 1.82) is 0 Å². The fourth-order valence-electron chi connectivity index (χ4n) is 4.03. The summed E-state index contributed by atoms with van der Waals surface area (Å²) in [6.45, 7) is 0. The van der Waals surface area contributed by atoms with E-state index in [2.05, 4.69) is 0 Å². The molecule has 0 amide bonds. The molecule has 5 atom stereocenters. The fourth-order valence-corrected chi connectivity index (χ4v) is 4.03. The first-order chi connectivity index (χ1) is 5.36. The molecule has 62 valence electrons. The average Bonchev–Trinajstić information content (AvgIpc) is 2.52. The Bertz CT molecular complexity index is 178. The molecular weight excluding hydrogens is 136 g/mol. The van der Waals surface area contributed by atoms with E-state index in [1.54, 1.807) is 0 Å². The Balaban J connectivity index is 1.90. The Morgan fingerprint density at radius 1 is 0.909 bits per heavy atom. The third kappa shape index (κ3) is 0.703. The first kappa shape index (κ1) is 6.47. The Kier molecular flexibility index (Phi) is 1.18. The van der Waals surface area contributed by atoms with Gasteiger partial charge in [0.1, 0.15) is 0 Å². The number of hydrogen-bond donors (Lipinski definition) is 1. The lowest BCUT2D eigenvalue weighted by Gasteiger charge is -2.28. The average molecular weight is 152 g/mol. The summed E-state index contributed by atoms with van der Waals surface area (Å²) in [5, 5.41) is 9.67. The summed E-state index contributed by atoms with van der Waals surface area (Å²) in [6.07, 6.45) is 6.90. The highest BCUT2D eigenvalue weighted by Crippen LogP contribution is 2.58. The Morgan fingerprint density at radius 3 is 2.64 bits per heavy atom. The van der Waals surface area contributed by atoms with Crippen LogP contribution in [0.15, 0.2) is 0 Å². The molecule has 0 aromatic heterocycles. The first-order valence-electron chi connectivity index (χ1n) is 5.04. The van der Waals surface area contributed by atoms with E-state index in [9.17, 15) is 5.11 Å². The van der Waals surface area contributed by atoms with E-state index in [1.165, 1.54) is 25.7 Å². The second-order valence-electron chi connectivity index (χ2n) is 4.72. The SMILES string of the molecule is OC1C[C@H]2C[C@@H]1[C@@H]1CCC[C@H]21. The second-order valence-corrected chi connectivity index (χ2v) is 4.72. The van der Waals surface area contributed by atoms with E-state index in [4.69, 9.17) is 0 Å². The highest BCUT2D eigenvalue weighted by atomic mass is 16.3. The van der Waals surface area contributed by atoms with E-state index >= 15 is 0 Å². The van der Waals surface area contributed by atoms with Gasteiger partial charge >= 0.3 is 0 Å².